The van der Waals surface area contributed by atoms with Crippen molar-refractivity contribution < 1.29 is 18.3 Å². The number of azo groups is 1. The summed E-state index contributed by atoms with van der Waals surface area (Å²) in [5.74, 6) is -0.952. The molecule has 0 unspecified atom stereocenters. The lowest BCUT2D eigenvalue weighted by atomic mass is 9.78. The molecule has 0 aromatic heterocycles. The molecular weight excluding hydrogens is 346 g/mol. The first kappa shape index (κ1) is 18.6. The van der Waals surface area contributed by atoms with E-state index in [1.54, 1.807) is 0 Å². The summed E-state index contributed by atoms with van der Waals surface area (Å²) in [5, 5.41) is 17.7. The molecule has 0 radical (unpaired) electrons. The van der Waals surface area contributed by atoms with Crippen LogP contribution in [0.15, 0.2) is 55.2 Å². The zero-order chi connectivity index (χ0) is 18.8. The van der Waals surface area contributed by atoms with Crippen molar-refractivity contribution in [3.05, 3.63) is 35.7 Å². The minimum atomic E-state index is -3.98. The number of aliphatic hydroxyl groups is 1. The van der Waals surface area contributed by atoms with Gasteiger partial charge in [-0.3, -0.25) is 4.79 Å². The number of nitrogens with two attached hydrogens (primary N) is 2. The maximum absolute atomic E-state index is 12.0. The molecule has 0 amide bonds. The third-order valence-electron chi connectivity index (χ3n) is 3.45. The summed E-state index contributed by atoms with van der Waals surface area (Å²) in [6.07, 6.45) is 0.601. The van der Waals surface area contributed by atoms with Gasteiger partial charge in [0, 0.05) is 12.8 Å². The van der Waals surface area contributed by atoms with Crippen molar-refractivity contribution in [3.8, 4) is 0 Å². The molecule has 1 aromatic rings. The van der Waals surface area contributed by atoms with Gasteiger partial charge in [0.15, 0.2) is 11.5 Å². The summed E-state index contributed by atoms with van der Waals surface area (Å²) in [7, 11) is -3.98. The molecule has 1 aliphatic rings. The number of allylic oxidation sites excluding steroid dienone is 2. The smallest absolute Gasteiger partial charge is 0.285 e. The van der Waals surface area contributed by atoms with Gasteiger partial charge in [-0.2, -0.15) is 13.5 Å². The second-order valence-electron chi connectivity index (χ2n) is 6.42. The summed E-state index contributed by atoms with van der Waals surface area (Å²) in [5.41, 5.74) is 10.1. The van der Waals surface area contributed by atoms with Crippen molar-refractivity contribution in [2.24, 2.45) is 31.5 Å². The molecule has 1 aliphatic carbocycles. The lowest BCUT2D eigenvalue weighted by Crippen LogP contribution is -2.25. The standard InChI is InChI=1S/C15H19N5O4S/c1-15(2)7-11(21)13(12(22)8-15)19-18-9-3-5-10(6-4-9)25(23,24)20-14(16)17/h3-6,21H,7-8H2,1-2H3,(H4,16,17,20). The molecule has 2 rings (SSSR count). The molecule has 25 heavy (non-hydrogen) atoms. The summed E-state index contributed by atoms with van der Waals surface area (Å²) in [4.78, 5) is 11.9. The number of benzene rings is 1. The van der Waals surface area contributed by atoms with E-state index in [2.05, 4.69) is 14.6 Å². The summed E-state index contributed by atoms with van der Waals surface area (Å²) < 4.78 is 26.8. The first-order valence-corrected chi connectivity index (χ1v) is 8.77. The zero-order valence-electron chi connectivity index (χ0n) is 13.8. The maximum Gasteiger partial charge on any atom is 0.285 e. The van der Waals surface area contributed by atoms with Crippen molar-refractivity contribution in [3.63, 3.8) is 0 Å². The molecular formula is C15H19N5O4S. The molecule has 0 spiro atoms. The molecule has 5 N–H and O–H groups in total. The molecule has 0 aliphatic heterocycles. The van der Waals surface area contributed by atoms with E-state index in [1.807, 2.05) is 13.8 Å². The number of ketones is 1. The van der Waals surface area contributed by atoms with Gasteiger partial charge >= 0.3 is 0 Å². The van der Waals surface area contributed by atoms with Gasteiger partial charge in [-0.1, -0.05) is 13.8 Å². The van der Waals surface area contributed by atoms with Crippen molar-refractivity contribution in [2.45, 2.75) is 31.6 Å². The Bertz CT molecular complexity index is 879. The molecule has 10 heteroatoms. The normalized spacial score (nSPS) is 17.8. The van der Waals surface area contributed by atoms with Crippen LogP contribution >= 0.6 is 0 Å². The number of rotatable bonds is 4. The Morgan fingerprint density at radius 1 is 1.12 bits per heavy atom. The average Bonchev–Trinajstić information content (AvgIpc) is 2.44. The highest BCUT2D eigenvalue weighted by atomic mass is 32.2. The van der Waals surface area contributed by atoms with Gasteiger partial charge in [-0.15, -0.1) is 9.51 Å². The van der Waals surface area contributed by atoms with Crippen LogP contribution in [0.2, 0.25) is 0 Å². The predicted octanol–water partition coefficient (Wildman–Crippen LogP) is 1.89. The lowest BCUT2D eigenvalue weighted by Gasteiger charge is -2.27. The van der Waals surface area contributed by atoms with Gasteiger partial charge in [0.05, 0.1) is 10.6 Å². The van der Waals surface area contributed by atoms with Gasteiger partial charge in [-0.05, 0) is 29.7 Å². The van der Waals surface area contributed by atoms with Crippen LogP contribution in [0.3, 0.4) is 0 Å². The molecule has 9 nitrogen and oxygen atoms in total. The highest BCUT2D eigenvalue weighted by Gasteiger charge is 2.33. The number of nitrogens with zero attached hydrogens (tertiary/aromatic N) is 3. The van der Waals surface area contributed by atoms with Crippen LogP contribution in [0, 0.1) is 5.41 Å². The first-order valence-electron chi connectivity index (χ1n) is 7.33. The number of aliphatic hydroxyl groups excluding tert-OH is 1. The highest BCUT2D eigenvalue weighted by Crippen LogP contribution is 2.36. The monoisotopic (exact) mass is 365 g/mol. The SMILES string of the molecule is CC1(C)CC(=O)C(N=Nc2ccc(S(=O)(=O)N=C(N)N)cc2)=C(O)C1. The summed E-state index contributed by atoms with van der Waals surface area (Å²) in [6, 6.07) is 5.28. The number of hydrogen-bond donors (Lipinski definition) is 3. The Morgan fingerprint density at radius 3 is 2.24 bits per heavy atom. The van der Waals surface area contributed by atoms with Gasteiger partial charge < -0.3 is 16.6 Å². The molecule has 0 saturated heterocycles. The fraction of sp³-hybridized carbons (Fsp3) is 0.333. The summed E-state index contributed by atoms with van der Waals surface area (Å²) in [6.45, 7) is 3.76. The Balaban J connectivity index is 2.24. The largest absolute Gasteiger partial charge is 0.510 e. The predicted molar refractivity (Wildman–Crippen MR) is 91.6 cm³/mol. The van der Waals surface area contributed by atoms with Crippen molar-refractivity contribution >= 4 is 27.5 Å². The molecule has 0 bridgehead atoms. The van der Waals surface area contributed by atoms with Crippen molar-refractivity contribution in [1.82, 2.24) is 0 Å². The molecule has 0 heterocycles. The van der Waals surface area contributed by atoms with E-state index in [0.29, 0.717) is 12.1 Å². The van der Waals surface area contributed by atoms with E-state index in [0.717, 1.165) is 0 Å². The van der Waals surface area contributed by atoms with Crippen LogP contribution in [-0.2, 0) is 14.8 Å². The van der Waals surface area contributed by atoms with E-state index in [4.69, 9.17) is 11.5 Å². The Morgan fingerprint density at radius 2 is 1.72 bits per heavy atom. The average molecular weight is 365 g/mol. The topological polar surface area (TPSA) is 161 Å². The Labute approximate surface area is 145 Å². The Kier molecular flexibility index (Phi) is 4.93. The van der Waals surface area contributed by atoms with Crippen LogP contribution in [0.5, 0.6) is 0 Å². The fourth-order valence-electron chi connectivity index (χ4n) is 2.38. The molecule has 0 saturated carbocycles. The number of guanidine groups is 1. The van der Waals surface area contributed by atoms with Gasteiger partial charge in [0.25, 0.3) is 10.0 Å². The van der Waals surface area contributed by atoms with Gasteiger partial charge in [-0.25, -0.2) is 0 Å². The molecule has 1 aromatic carbocycles. The Hall–Kier alpha value is -2.75. The van der Waals surface area contributed by atoms with Crippen LogP contribution in [-0.4, -0.2) is 25.3 Å². The number of sulfonamides is 1. The molecule has 134 valence electrons. The van der Waals surface area contributed by atoms with Gasteiger partial charge in [0.2, 0.25) is 5.96 Å². The van der Waals surface area contributed by atoms with E-state index in [1.165, 1.54) is 24.3 Å². The first-order chi connectivity index (χ1) is 11.5. The third-order valence-corrected chi connectivity index (χ3v) is 4.77. The van der Waals surface area contributed by atoms with E-state index in [-0.39, 0.29) is 34.0 Å². The van der Waals surface area contributed by atoms with E-state index >= 15 is 0 Å². The van der Waals surface area contributed by atoms with Crippen molar-refractivity contribution in [1.29, 1.82) is 0 Å². The van der Waals surface area contributed by atoms with Crippen LogP contribution < -0.4 is 11.5 Å². The second-order valence-corrected chi connectivity index (χ2v) is 8.03. The third kappa shape index (κ3) is 4.63. The fourth-order valence-corrected chi connectivity index (χ4v) is 3.24. The van der Waals surface area contributed by atoms with Gasteiger partial charge in [0.1, 0.15) is 5.76 Å². The number of carbonyl (C=O) groups excluding carboxylic acids is 1. The number of carbonyl (C=O) groups is 1. The number of hydrogen-bond acceptors (Lipinski definition) is 6. The number of Topliss-reactive ketones (excluding diaryl/α,β-unsaturated/α-hetero) is 1. The van der Waals surface area contributed by atoms with Crippen LogP contribution in [0.4, 0.5) is 5.69 Å². The highest BCUT2D eigenvalue weighted by molar-refractivity contribution is 7.90. The minimum Gasteiger partial charge on any atom is -0.510 e. The van der Waals surface area contributed by atoms with E-state index in [9.17, 15) is 18.3 Å². The minimum absolute atomic E-state index is 0.0727. The maximum atomic E-state index is 12.0. The zero-order valence-corrected chi connectivity index (χ0v) is 14.6. The lowest BCUT2D eigenvalue weighted by molar-refractivity contribution is -0.118. The van der Waals surface area contributed by atoms with Crippen LogP contribution in [0.1, 0.15) is 26.7 Å². The second kappa shape index (κ2) is 6.63. The van der Waals surface area contributed by atoms with E-state index < -0.39 is 16.0 Å². The molecule has 0 fully saturated rings. The van der Waals surface area contributed by atoms with Crippen LogP contribution in [0.25, 0.3) is 0 Å². The quantitative estimate of drug-likeness (QED) is 0.419. The molecule has 0 atom stereocenters. The summed E-state index contributed by atoms with van der Waals surface area (Å²) >= 11 is 0. The van der Waals surface area contributed by atoms with Crippen molar-refractivity contribution in [2.75, 3.05) is 0 Å².